The van der Waals surface area contributed by atoms with Crippen molar-refractivity contribution >= 4 is 22.9 Å². The lowest BCUT2D eigenvalue weighted by atomic mass is 10.1. The molecular weight excluding hydrogens is 318 g/mol. The standard InChI is InChI=1S/C19H25N3O3/c1-13(2)10-18(23)21-6-8-22(9-7-21)19(24)12-15-4-5-16-17(11-15)25-14(3)20-16/h4-5,11,13H,6-10,12H2,1-3H3. The van der Waals surface area contributed by atoms with Crippen molar-refractivity contribution in [3.05, 3.63) is 29.7 Å². The Balaban J connectivity index is 1.56. The van der Waals surface area contributed by atoms with Gasteiger partial charge in [0, 0.05) is 39.5 Å². The van der Waals surface area contributed by atoms with Crippen molar-refractivity contribution in [3.63, 3.8) is 0 Å². The van der Waals surface area contributed by atoms with E-state index in [0.29, 0.717) is 56.4 Å². The Morgan fingerprint density at radius 3 is 2.40 bits per heavy atom. The highest BCUT2D eigenvalue weighted by Crippen LogP contribution is 2.18. The quantitative estimate of drug-likeness (QED) is 0.855. The van der Waals surface area contributed by atoms with Crippen molar-refractivity contribution in [2.75, 3.05) is 26.2 Å². The normalized spacial score (nSPS) is 15.2. The zero-order valence-corrected chi connectivity index (χ0v) is 15.1. The van der Waals surface area contributed by atoms with Crippen LogP contribution in [-0.2, 0) is 16.0 Å². The van der Waals surface area contributed by atoms with Crippen molar-refractivity contribution in [2.24, 2.45) is 5.92 Å². The molecule has 1 aliphatic rings. The van der Waals surface area contributed by atoms with Gasteiger partial charge in [0.25, 0.3) is 0 Å². The predicted molar refractivity (Wildman–Crippen MR) is 95.1 cm³/mol. The number of oxazole rings is 1. The van der Waals surface area contributed by atoms with Gasteiger partial charge < -0.3 is 14.2 Å². The Bertz CT molecular complexity index is 773. The number of carbonyl (C=O) groups is 2. The summed E-state index contributed by atoms with van der Waals surface area (Å²) in [5.41, 5.74) is 2.45. The lowest BCUT2D eigenvalue weighted by Gasteiger charge is -2.35. The van der Waals surface area contributed by atoms with Crippen LogP contribution >= 0.6 is 0 Å². The molecule has 0 N–H and O–H groups in total. The summed E-state index contributed by atoms with van der Waals surface area (Å²) >= 11 is 0. The molecule has 1 fully saturated rings. The molecule has 0 aliphatic carbocycles. The molecule has 0 unspecified atom stereocenters. The zero-order chi connectivity index (χ0) is 18.0. The lowest BCUT2D eigenvalue weighted by molar-refractivity contribution is -0.139. The Morgan fingerprint density at radius 2 is 1.76 bits per heavy atom. The maximum atomic E-state index is 12.5. The van der Waals surface area contributed by atoms with Crippen LogP contribution in [0.5, 0.6) is 0 Å². The van der Waals surface area contributed by atoms with Gasteiger partial charge in [-0.3, -0.25) is 9.59 Å². The summed E-state index contributed by atoms with van der Waals surface area (Å²) in [6.45, 7) is 8.36. The summed E-state index contributed by atoms with van der Waals surface area (Å²) in [6.07, 6.45) is 0.917. The molecule has 0 atom stereocenters. The molecule has 134 valence electrons. The van der Waals surface area contributed by atoms with Gasteiger partial charge in [0.1, 0.15) is 5.52 Å². The van der Waals surface area contributed by atoms with E-state index in [-0.39, 0.29) is 11.8 Å². The third kappa shape index (κ3) is 4.18. The topological polar surface area (TPSA) is 66.7 Å². The van der Waals surface area contributed by atoms with Crippen LogP contribution in [0.2, 0.25) is 0 Å². The number of carbonyl (C=O) groups excluding carboxylic acids is 2. The molecule has 1 aromatic carbocycles. The van der Waals surface area contributed by atoms with Gasteiger partial charge in [-0.1, -0.05) is 19.9 Å². The van der Waals surface area contributed by atoms with E-state index in [1.807, 2.05) is 48.8 Å². The monoisotopic (exact) mass is 343 g/mol. The van der Waals surface area contributed by atoms with Gasteiger partial charge in [-0.25, -0.2) is 4.98 Å². The Kier molecular flexibility index (Phi) is 5.06. The van der Waals surface area contributed by atoms with E-state index in [1.54, 1.807) is 0 Å². The number of aryl methyl sites for hydroxylation is 1. The summed E-state index contributed by atoms with van der Waals surface area (Å²) < 4.78 is 5.53. The first-order chi connectivity index (χ1) is 11.9. The van der Waals surface area contributed by atoms with Crippen LogP contribution in [0.25, 0.3) is 11.1 Å². The molecule has 2 heterocycles. The van der Waals surface area contributed by atoms with Crippen molar-refractivity contribution in [2.45, 2.75) is 33.6 Å². The molecule has 25 heavy (non-hydrogen) atoms. The highest BCUT2D eigenvalue weighted by Gasteiger charge is 2.24. The minimum atomic E-state index is 0.0894. The van der Waals surface area contributed by atoms with E-state index in [4.69, 9.17) is 4.42 Å². The van der Waals surface area contributed by atoms with Gasteiger partial charge in [0.2, 0.25) is 11.8 Å². The number of aromatic nitrogens is 1. The van der Waals surface area contributed by atoms with Crippen LogP contribution in [0.3, 0.4) is 0 Å². The number of rotatable bonds is 4. The molecule has 1 aliphatic heterocycles. The fourth-order valence-corrected chi connectivity index (χ4v) is 3.16. The molecule has 0 bridgehead atoms. The molecule has 1 saturated heterocycles. The number of hydrogen-bond acceptors (Lipinski definition) is 4. The van der Waals surface area contributed by atoms with Crippen molar-refractivity contribution < 1.29 is 14.0 Å². The summed E-state index contributed by atoms with van der Waals surface area (Å²) in [5, 5.41) is 0. The second-order valence-corrected chi connectivity index (χ2v) is 7.07. The van der Waals surface area contributed by atoms with Crippen LogP contribution < -0.4 is 0 Å². The first-order valence-corrected chi connectivity index (χ1v) is 8.84. The third-order valence-corrected chi connectivity index (χ3v) is 4.48. The van der Waals surface area contributed by atoms with Gasteiger partial charge in [0.05, 0.1) is 6.42 Å². The fraction of sp³-hybridized carbons (Fsp3) is 0.526. The van der Waals surface area contributed by atoms with E-state index in [9.17, 15) is 9.59 Å². The zero-order valence-electron chi connectivity index (χ0n) is 15.1. The van der Waals surface area contributed by atoms with Gasteiger partial charge in [0.15, 0.2) is 11.5 Å². The number of hydrogen-bond donors (Lipinski definition) is 0. The predicted octanol–water partition coefficient (Wildman–Crippen LogP) is 2.40. The molecular formula is C19H25N3O3. The molecule has 0 radical (unpaired) electrons. The summed E-state index contributed by atoms with van der Waals surface area (Å²) in [7, 11) is 0. The number of benzene rings is 1. The van der Waals surface area contributed by atoms with Gasteiger partial charge in [-0.2, -0.15) is 0 Å². The van der Waals surface area contributed by atoms with E-state index >= 15 is 0 Å². The molecule has 3 rings (SSSR count). The fourth-order valence-electron chi connectivity index (χ4n) is 3.16. The van der Waals surface area contributed by atoms with Crippen LogP contribution in [0.4, 0.5) is 0 Å². The van der Waals surface area contributed by atoms with Crippen molar-refractivity contribution in [1.29, 1.82) is 0 Å². The van der Waals surface area contributed by atoms with E-state index in [2.05, 4.69) is 4.98 Å². The summed E-state index contributed by atoms with van der Waals surface area (Å²) in [4.78, 5) is 32.6. The highest BCUT2D eigenvalue weighted by atomic mass is 16.3. The minimum absolute atomic E-state index is 0.0894. The van der Waals surface area contributed by atoms with Crippen molar-refractivity contribution in [1.82, 2.24) is 14.8 Å². The van der Waals surface area contributed by atoms with E-state index < -0.39 is 0 Å². The summed E-state index contributed by atoms with van der Waals surface area (Å²) in [6, 6.07) is 5.69. The average molecular weight is 343 g/mol. The molecule has 2 aromatic rings. The first kappa shape index (κ1) is 17.5. The Morgan fingerprint density at radius 1 is 1.12 bits per heavy atom. The van der Waals surface area contributed by atoms with Crippen LogP contribution in [-0.4, -0.2) is 52.8 Å². The molecule has 6 heteroatoms. The number of piperazine rings is 1. The van der Waals surface area contributed by atoms with Gasteiger partial charge >= 0.3 is 0 Å². The maximum Gasteiger partial charge on any atom is 0.227 e. The minimum Gasteiger partial charge on any atom is -0.441 e. The number of nitrogens with zero attached hydrogens (tertiary/aromatic N) is 3. The number of fused-ring (bicyclic) bond motifs is 1. The molecule has 6 nitrogen and oxygen atoms in total. The number of amides is 2. The molecule has 2 amide bonds. The molecule has 0 saturated carbocycles. The van der Waals surface area contributed by atoms with Crippen LogP contribution in [0, 0.1) is 12.8 Å². The largest absolute Gasteiger partial charge is 0.441 e. The SMILES string of the molecule is Cc1nc2ccc(CC(=O)N3CCN(C(=O)CC(C)C)CC3)cc2o1. The smallest absolute Gasteiger partial charge is 0.227 e. The van der Waals surface area contributed by atoms with Gasteiger partial charge in [-0.05, 0) is 23.6 Å². The second kappa shape index (κ2) is 7.25. The summed E-state index contributed by atoms with van der Waals surface area (Å²) in [5.74, 6) is 1.27. The maximum absolute atomic E-state index is 12.5. The van der Waals surface area contributed by atoms with Gasteiger partial charge in [-0.15, -0.1) is 0 Å². The van der Waals surface area contributed by atoms with Crippen LogP contribution in [0.15, 0.2) is 22.6 Å². The van der Waals surface area contributed by atoms with Crippen LogP contribution in [0.1, 0.15) is 31.7 Å². The Labute approximate surface area is 147 Å². The van der Waals surface area contributed by atoms with E-state index in [1.165, 1.54) is 0 Å². The first-order valence-electron chi connectivity index (χ1n) is 8.84. The highest BCUT2D eigenvalue weighted by molar-refractivity contribution is 5.82. The third-order valence-electron chi connectivity index (χ3n) is 4.48. The van der Waals surface area contributed by atoms with Crippen molar-refractivity contribution in [3.8, 4) is 0 Å². The molecule has 1 aromatic heterocycles. The molecule has 0 spiro atoms. The lowest BCUT2D eigenvalue weighted by Crippen LogP contribution is -2.51. The average Bonchev–Trinajstić information content (AvgIpc) is 2.93. The second-order valence-electron chi connectivity index (χ2n) is 7.07. The Hall–Kier alpha value is -2.37. The van der Waals surface area contributed by atoms with E-state index in [0.717, 1.165) is 11.1 Å².